The number of hydrogen-bond acceptors (Lipinski definition) is 7. The highest BCUT2D eigenvalue weighted by molar-refractivity contribution is 6.12. The molecule has 0 radical (unpaired) electrons. The Bertz CT molecular complexity index is 1210. The molecule has 2 aromatic heterocycles. The summed E-state index contributed by atoms with van der Waals surface area (Å²) in [6, 6.07) is 7.52. The molecule has 3 heterocycles. The van der Waals surface area contributed by atoms with Crippen LogP contribution in [0.25, 0.3) is 22.2 Å². The van der Waals surface area contributed by atoms with Crippen molar-refractivity contribution in [2.24, 2.45) is 9.98 Å². The summed E-state index contributed by atoms with van der Waals surface area (Å²) < 4.78 is 12.4. The van der Waals surface area contributed by atoms with Gasteiger partial charge in [0.25, 0.3) is 0 Å². The predicted molar refractivity (Wildman–Crippen MR) is 119 cm³/mol. The minimum absolute atomic E-state index is 0.270. The number of esters is 1. The predicted octanol–water partition coefficient (Wildman–Crippen LogP) is 3.23. The second-order valence-corrected chi connectivity index (χ2v) is 7.31. The lowest BCUT2D eigenvalue weighted by molar-refractivity contribution is 0.0526. The molecular formula is C22H24N6O3. The quantitative estimate of drug-likeness (QED) is 0.357. The SMILES string of the molecule is CCOC(=O)c1c(C)nc2nn3c(c2c1-c1ccc(OC)cc1)N=C(N=CN(C)C)C3. The molecule has 0 spiro atoms. The lowest BCUT2D eigenvalue weighted by Crippen LogP contribution is -2.11. The highest BCUT2D eigenvalue weighted by atomic mass is 16.5. The second kappa shape index (κ2) is 8.17. The van der Waals surface area contributed by atoms with Crippen molar-refractivity contribution in [2.75, 3.05) is 27.8 Å². The van der Waals surface area contributed by atoms with Gasteiger partial charge in [-0.1, -0.05) is 12.1 Å². The van der Waals surface area contributed by atoms with Gasteiger partial charge in [-0.2, -0.15) is 0 Å². The van der Waals surface area contributed by atoms with Gasteiger partial charge in [-0.3, -0.25) is 0 Å². The summed E-state index contributed by atoms with van der Waals surface area (Å²) >= 11 is 0. The van der Waals surface area contributed by atoms with E-state index in [1.165, 1.54) is 0 Å². The van der Waals surface area contributed by atoms with E-state index < -0.39 is 5.97 Å². The number of ether oxygens (including phenoxy) is 2. The first-order valence-corrected chi connectivity index (χ1v) is 9.93. The Morgan fingerprint density at radius 3 is 2.68 bits per heavy atom. The van der Waals surface area contributed by atoms with Gasteiger partial charge in [0.05, 0.1) is 36.7 Å². The molecular weight excluding hydrogens is 396 g/mol. The highest BCUT2D eigenvalue weighted by Crippen LogP contribution is 2.40. The van der Waals surface area contributed by atoms with E-state index in [0.29, 0.717) is 46.1 Å². The third-order valence-corrected chi connectivity index (χ3v) is 4.86. The Hall–Kier alpha value is -3.75. The Balaban J connectivity index is 1.98. The number of carbonyl (C=O) groups excluding carboxylic acids is 1. The van der Waals surface area contributed by atoms with Crippen LogP contribution in [0.5, 0.6) is 5.75 Å². The molecule has 9 nitrogen and oxygen atoms in total. The molecule has 1 aliphatic rings. The fourth-order valence-electron chi connectivity index (χ4n) is 3.53. The molecule has 0 saturated heterocycles. The Morgan fingerprint density at radius 1 is 1.29 bits per heavy atom. The molecule has 4 rings (SSSR count). The van der Waals surface area contributed by atoms with Gasteiger partial charge in [0.15, 0.2) is 17.3 Å². The van der Waals surface area contributed by atoms with Gasteiger partial charge in [-0.25, -0.2) is 24.4 Å². The molecule has 0 saturated carbocycles. The largest absolute Gasteiger partial charge is 0.497 e. The summed E-state index contributed by atoms with van der Waals surface area (Å²) in [7, 11) is 5.41. The van der Waals surface area contributed by atoms with Crippen molar-refractivity contribution in [3.05, 3.63) is 35.5 Å². The van der Waals surface area contributed by atoms with Crippen LogP contribution in [0.15, 0.2) is 34.3 Å². The third kappa shape index (κ3) is 3.74. The number of rotatable bonds is 5. The lowest BCUT2D eigenvalue weighted by Gasteiger charge is -2.13. The summed E-state index contributed by atoms with van der Waals surface area (Å²) in [6.45, 7) is 4.28. The first-order valence-electron chi connectivity index (χ1n) is 9.93. The van der Waals surface area contributed by atoms with E-state index in [1.807, 2.05) is 43.3 Å². The zero-order valence-electron chi connectivity index (χ0n) is 18.2. The van der Waals surface area contributed by atoms with E-state index >= 15 is 0 Å². The average Bonchev–Trinajstić information content (AvgIpc) is 3.28. The summed E-state index contributed by atoms with van der Waals surface area (Å²) in [5, 5.41) is 5.33. The van der Waals surface area contributed by atoms with Crippen LogP contribution in [0.1, 0.15) is 23.0 Å². The average molecular weight is 420 g/mol. The van der Waals surface area contributed by atoms with E-state index in [4.69, 9.17) is 9.47 Å². The first kappa shape index (κ1) is 20.5. The molecule has 0 fully saturated rings. The molecule has 3 aromatic rings. The van der Waals surface area contributed by atoms with E-state index in [1.54, 1.807) is 32.0 Å². The van der Waals surface area contributed by atoms with Gasteiger partial charge in [-0.15, -0.1) is 5.10 Å². The smallest absolute Gasteiger partial charge is 0.340 e. The second-order valence-electron chi connectivity index (χ2n) is 7.31. The van der Waals surface area contributed by atoms with E-state index in [9.17, 15) is 4.79 Å². The number of hydrogen-bond donors (Lipinski definition) is 0. The fraction of sp³-hybridized carbons (Fsp3) is 0.318. The minimum Gasteiger partial charge on any atom is -0.497 e. The van der Waals surface area contributed by atoms with E-state index in [0.717, 1.165) is 11.3 Å². The number of amidine groups is 1. The van der Waals surface area contributed by atoms with E-state index in [2.05, 4.69) is 20.1 Å². The molecule has 31 heavy (non-hydrogen) atoms. The number of carbonyl (C=O) groups is 1. The zero-order chi connectivity index (χ0) is 22.1. The summed E-state index contributed by atoms with van der Waals surface area (Å²) in [6.07, 6.45) is 1.70. The number of aliphatic imine (C=N–C) groups is 2. The molecule has 0 bridgehead atoms. The Labute approximate surface area is 180 Å². The van der Waals surface area contributed by atoms with Crippen LogP contribution in [0.4, 0.5) is 5.82 Å². The van der Waals surface area contributed by atoms with Crippen LogP contribution >= 0.6 is 0 Å². The monoisotopic (exact) mass is 420 g/mol. The van der Waals surface area contributed by atoms with Crippen LogP contribution < -0.4 is 4.74 Å². The standard InChI is InChI=1S/C22H24N6O3/c1-6-31-22(29)17-13(2)24-20-19(18(17)14-7-9-15(30-5)10-8-14)21-25-16(11-28(21)26-20)23-12-27(3)4/h7-10,12H,6,11H2,1-5H3. The molecule has 0 aliphatic carbocycles. The molecule has 160 valence electrons. The van der Waals surface area contributed by atoms with Crippen molar-refractivity contribution in [3.63, 3.8) is 0 Å². The molecule has 0 N–H and O–H groups in total. The summed E-state index contributed by atoms with van der Waals surface area (Å²) in [4.78, 5) is 28.4. The van der Waals surface area contributed by atoms with Gasteiger partial charge in [-0.05, 0) is 31.5 Å². The number of nitrogens with zero attached hydrogens (tertiary/aromatic N) is 6. The van der Waals surface area contributed by atoms with Crippen LogP contribution in [0.3, 0.4) is 0 Å². The van der Waals surface area contributed by atoms with Crippen molar-refractivity contribution in [1.29, 1.82) is 0 Å². The van der Waals surface area contributed by atoms with Crippen LogP contribution in [-0.2, 0) is 11.3 Å². The Kier molecular flexibility index (Phi) is 5.41. The zero-order valence-corrected chi connectivity index (χ0v) is 18.2. The number of pyridine rings is 1. The topological polar surface area (TPSA) is 94.2 Å². The maximum atomic E-state index is 12.9. The molecule has 0 unspecified atom stereocenters. The van der Waals surface area contributed by atoms with Crippen LogP contribution in [0.2, 0.25) is 0 Å². The normalized spacial score (nSPS) is 12.9. The van der Waals surface area contributed by atoms with Crippen molar-refractivity contribution in [2.45, 2.75) is 20.4 Å². The number of aromatic nitrogens is 3. The molecule has 1 aromatic carbocycles. The number of fused-ring (bicyclic) bond motifs is 3. The van der Waals surface area contributed by atoms with Crippen molar-refractivity contribution >= 4 is 35.0 Å². The minimum atomic E-state index is -0.423. The molecule has 0 amide bonds. The molecule has 0 atom stereocenters. The van der Waals surface area contributed by atoms with Crippen molar-refractivity contribution in [3.8, 4) is 16.9 Å². The van der Waals surface area contributed by atoms with Crippen LogP contribution in [0, 0.1) is 6.92 Å². The highest BCUT2D eigenvalue weighted by Gasteiger charge is 2.28. The van der Waals surface area contributed by atoms with Gasteiger partial charge in [0.2, 0.25) is 0 Å². The van der Waals surface area contributed by atoms with Gasteiger partial charge in [0, 0.05) is 19.7 Å². The molecule has 1 aliphatic heterocycles. The summed E-state index contributed by atoms with van der Waals surface area (Å²) in [5.74, 6) is 1.57. The summed E-state index contributed by atoms with van der Waals surface area (Å²) in [5.41, 5.74) is 3.03. The van der Waals surface area contributed by atoms with Crippen molar-refractivity contribution < 1.29 is 14.3 Å². The van der Waals surface area contributed by atoms with Crippen LogP contribution in [-0.4, -0.2) is 65.6 Å². The van der Waals surface area contributed by atoms with Gasteiger partial charge >= 0.3 is 5.97 Å². The number of benzene rings is 1. The Morgan fingerprint density at radius 2 is 2.03 bits per heavy atom. The fourth-order valence-corrected chi connectivity index (χ4v) is 3.53. The molecule has 9 heteroatoms. The third-order valence-electron chi connectivity index (χ3n) is 4.86. The number of methoxy groups -OCH3 is 1. The van der Waals surface area contributed by atoms with Gasteiger partial charge < -0.3 is 14.4 Å². The van der Waals surface area contributed by atoms with Crippen molar-refractivity contribution in [1.82, 2.24) is 19.7 Å². The van der Waals surface area contributed by atoms with E-state index in [-0.39, 0.29) is 6.61 Å². The maximum absolute atomic E-state index is 12.9. The number of aryl methyl sites for hydroxylation is 1. The van der Waals surface area contributed by atoms with Gasteiger partial charge in [0.1, 0.15) is 12.3 Å². The lowest BCUT2D eigenvalue weighted by atomic mass is 9.96. The maximum Gasteiger partial charge on any atom is 0.340 e. The first-order chi connectivity index (χ1) is 14.9.